The van der Waals surface area contributed by atoms with Crippen LogP contribution in [0.25, 0.3) is 0 Å². The third kappa shape index (κ3) is 2.48. The third-order valence-corrected chi connectivity index (χ3v) is 3.82. The number of nitrogens with two attached hydrogens (primary N) is 1. The lowest BCUT2D eigenvalue weighted by Gasteiger charge is -2.36. The van der Waals surface area contributed by atoms with Gasteiger partial charge in [0.15, 0.2) is 5.82 Å². The molecule has 1 aliphatic rings. The van der Waals surface area contributed by atoms with E-state index >= 15 is 0 Å². The second kappa shape index (κ2) is 5.10. The monoisotopic (exact) mass is 235 g/mol. The van der Waals surface area contributed by atoms with Gasteiger partial charge in [0, 0.05) is 31.6 Å². The molecule has 1 aromatic heterocycles. The smallest absolute Gasteiger partial charge is 0.160 e. The van der Waals surface area contributed by atoms with Crippen molar-refractivity contribution >= 4 is 0 Å². The number of hydrogen-bond donors (Lipinski definition) is 1. The molecule has 1 saturated carbocycles. The predicted molar refractivity (Wildman–Crippen MR) is 66.2 cm³/mol. The molecule has 0 aromatic carbocycles. The van der Waals surface area contributed by atoms with Crippen molar-refractivity contribution in [3.05, 3.63) is 23.8 Å². The van der Waals surface area contributed by atoms with Gasteiger partial charge in [-0.3, -0.25) is 0 Å². The molecule has 0 radical (unpaired) electrons. The number of aromatic nitrogens is 2. The molecule has 2 N–H and O–H groups in total. The van der Waals surface area contributed by atoms with E-state index < -0.39 is 0 Å². The van der Waals surface area contributed by atoms with Crippen LogP contribution in [-0.2, 0) is 16.9 Å². The fourth-order valence-electron chi connectivity index (χ4n) is 2.44. The van der Waals surface area contributed by atoms with Crippen LogP contribution in [-0.4, -0.2) is 17.1 Å². The van der Waals surface area contributed by atoms with Crippen LogP contribution in [0.3, 0.4) is 0 Å². The number of hydrogen-bond acceptors (Lipinski definition) is 4. The van der Waals surface area contributed by atoms with Crippen molar-refractivity contribution in [2.75, 3.05) is 7.11 Å². The molecule has 1 heterocycles. The average Bonchev–Trinajstić information content (AvgIpc) is 2.40. The summed E-state index contributed by atoms with van der Waals surface area (Å²) in [6, 6.07) is 0. The lowest BCUT2D eigenvalue weighted by Crippen LogP contribution is -2.35. The summed E-state index contributed by atoms with van der Waals surface area (Å²) in [5, 5.41) is 0. The van der Waals surface area contributed by atoms with Gasteiger partial charge < -0.3 is 10.5 Å². The van der Waals surface area contributed by atoms with Crippen LogP contribution < -0.4 is 5.73 Å². The first-order valence-corrected chi connectivity index (χ1v) is 6.27. The van der Waals surface area contributed by atoms with Crippen LogP contribution in [0.1, 0.15) is 44.0 Å². The maximum absolute atomic E-state index is 5.73. The molecule has 17 heavy (non-hydrogen) atoms. The summed E-state index contributed by atoms with van der Waals surface area (Å²) in [5.74, 6) is 1.59. The number of methoxy groups -OCH3 is 1. The molecule has 0 atom stereocenters. The summed E-state index contributed by atoms with van der Waals surface area (Å²) in [6.45, 7) is 2.77. The van der Waals surface area contributed by atoms with Crippen molar-refractivity contribution in [2.45, 2.75) is 44.8 Å². The number of nitrogens with zero attached hydrogens (tertiary/aromatic N) is 2. The van der Waals surface area contributed by atoms with E-state index in [1.807, 2.05) is 0 Å². The molecule has 1 aliphatic carbocycles. The van der Waals surface area contributed by atoms with Crippen molar-refractivity contribution < 1.29 is 4.74 Å². The Balaban J connectivity index is 2.21. The van der Waals surface area contributed by atoms with Crippen LogP contribution in [0.5, 0.6) is 0 Å². The molecule has 94 valence electrons. The van der Waals surface area contributed by atoms with Crippen molar-refractivity contribution in [2.24, 2.45) is 11.7 Å². The van der Waals surface area contributed by atoms with E-state index in [1.54, 1.807) is 19.5 Å². The second-order valence-electron chi connectivity index (χ2n) is 5.00. The summed E-state index contributed by atoms with van der Waals surface area (Å²) in [7, 11) is 1.76. The summed E-state index contributed by atoms with van der Waals surface area (Å²) >= 11 is 0. The highest BCUT2D eigenvalue weighted by Crippen LogP contribution is 2.40. The Morgan fingerprint density at radius 2 is 1.94 bits per heavy atom. The molecule has 2 rings (SSSR count). The largest absolute Gasteiger partial charge is 0.370 e. The highest BCUT2D eigenvalue weighted by molar-refractivity contribution is 5.10. The third-order valence-electron chi connectivity index (χ3n) is 3.82. The molecule has 4 heteroatoms. The summed E-state index contributed by atoms with van der Waals surface area (Å²) in [6.07, 6.45) is 7.98. The molecule has 4 nitrogen and oxygen atoms in total. The SMILES string of the molecule is COC1(c2ncc(CN)cn2)CCC(C)CC1. The second-order valence-corrected chi connectivity index (χ2v) is 5.00. The molecule has 0 saturated heterocycles. The molecule has 1 aromatic rings. The van der Waals surface area contributed by atoms with Crippen LogP contribution >= 0.6 is 0 Å². The quantitative estimate of drug-likeness (QED) is 0.870. The zero-order valence-corrected chi connectivity index (χ0v) is 10.6. The molecular formula is C13H21N3O. The molecular weight excluding hydrogens is 214 g/mol. The first-order chi connectivity index (χ1) is 8.20. The Morgan fingerprint density at radius 1 is 1.35 bits per heavy atom. The van der Waals surface area contributed by atoms with Crippen LogP contribution in [0, 0.1) is 5.92 Å². The van der Waals surface area contributed by atoms with Gasteiger partial charge in [-0.05, 0) is 31.6 Å². The first-order valence-electron chi connectivity index (χ1n) is 6.27. The number of ether oxygens (including phenoxy) is 1. The Hall–Kier alpha value is -1.00. The fraction of sp³-hybridized carbons (Fsp3) is 0.692. The fourth-order valence-corrected chi connectivity index (χ4v) is 2.44. The Morgan fingerprint density at radius 3 is 2.41 bits per heavy atom. The van der Waals surface area contributed by atoms with E-state index in [-0.39, 0.29) is 5.60 Å². The minimum absolute atomic E-state index is 0.278. The first kappa shape index (κ1) is 12.5. The highest BCUT2D eigenvalue weighted by Gasteiger charge is 2.38. The van der Waals surface area contributed by atoms with E-state index in [9.17, 15) is 0 Å². The standard InChI is InChI=1S/C13H21N3O/c1-10-3-5-13(17-2,6-4-10)12-15-8-11(7-14)9-16-12/h8-10H,3-7,14H2,1-2H3. The van der Waals surface area contributed by atoms with Crippen molar-refractivity contribution in [1.82, 2.24) is 9.97 Å². The summed E-state index contributed by atoms with van der Waals surface area (Å²) < 4.78 is 5.73. The van der Waals surface area contributed by atoms with E-state index in [1.165, 1.54) is 12.8 Å². The molecule has 0 spiro atoms. The highest BCUT2D eigenvalue weighted by atomic mass is 16.5. The maximum Gasteiger partial charge on any atom is 0.160 e. The van der Waals surface area contributed by atoms with E-state index in [0.29, 0.717) is 6.54 Å². The van der Waals surface area contributed by atoms with Crippen molar-refractivity contribution in [3.8, 4) is 0 Å². The van der Waals surface area contributed by atoms with Gasteiger partial charge in [-0.25, -0.2) is 9.97 Å². The minimum Gasteiger partial charge on any atom is -0.370 e. The zero-order chi connectivity index (χ0) is 12.3. The normalized spacial score (nSPS) is 29.2. The van der Waals surface area contributed by atoms with Crippen LogP contribution in [0.15, 0.2) is 12.4 Å². The van der Waals surface area contributed by atoms with Gasteiger partial charge >= 0.3 is 0 Å². The zero-order valence-electron chi connectivity index (χ0n) is 10.6. The topological polar surface area (TPSA) is 61.0 Å². The Bertz CT molecular complexity index is 355. The van der Waals surface area contributed by atoms with E-state index in [2.05, 4.69) is 16.9 Å². The van der Waals surface area contributed by atoms with Gasteiger partial charge in [0.25, 0.3) is 0 Å². The molecule has 0 unspecified atom stereocenters. The number of rotatable bonds is 3. The lowest BCUT2D eigenvalue weighted by molar-refractivity contribution is -0.0597. The maximum atomic E-state index is 5.73. The van der Waals surface area contributed by atoms with Crippen molar-refractivity contribution in [1.29, 1.82) is 0 Å². The van der Waals surface area contributed by atoms with Gasteiger partial charge in [-0.15, -0.1) is 0 Å². The molecule has 1 fully saturated rings. The van der Waals surface area contributed by atoms with Gasteiger partial charge in [-0.2, -0.15) is 0 Å². The summed E-state index contributed by atoms with van der Waals surface area (Å²) in [5.41, 5.74) is 6.23. The predicted octanol–water partition coefficient (Wildman–Crippen LogP) is 1.99. The minimum atomic E-state index is -0.278. The Labute approximate surface area is 103 Å². The average molecular weight is 235 g/mol. The van der Waals surface area contributed by atoms with Gasteiger partial charge in [0.05, 0.1) is 0 Å². The molecule has 0 aliphatic heterocycles. The van der Waals surface area contributed by atoms with E-state index in [0.717, 1.165) is 30.1 Å². The molecule has 0 amide bonds. The van der Waals surface area contributed by atoms with Crippen molar-refractivity contribution in [3.63, 3.8) is 0 Å². The Kier molecular flexibility index (Phi) is 3.74. The van der Waals surface area contributed by atoms with Gasteiger partial charge in [0.2, 0.25) is 0 Å². The van der Waals surface area contributed by atoms with Gasteiger partial charge in [0.1, 0.15) is 5.60 Å². The van der Waals surface area contributed by atoms with E-state index in [4.69, 9.17) is 10.5 Å². The lowest BCUT2D eigenvalue weighted by atomic mass is 9.79. The van der Waals surface area contributed by atoms with Crippen LogP contribution in [0.4, 0.5) is 0 Å². The summed E-state index contributed by atoms with van der Waals surface area (Å²) in [4.78, 5) is 8.85. The molecule has 0 bridgehead atoms. The van der Waals surface area contributed by atoms with Gasteiger partial charge in [-0.1, -0.05) is 6.92 Å². The van der Waals surface area contributed by atoms with Crippen LogP contribution in [0.2, 0.25) is 0 Å².